The van der Waals surface area contributed by atoms with E-state index in [0.717, 1.165) is 24.4 Å². The number of benzene rings is 3. The minimum atomic E-state index is -0.926. The number of allylic oxidation sites excluding steroid dienone is 4. The summed E-state index contributed by atoms with van der Waals surface area (Å²) in [6.45, 7) is 0.842. The van der Waals surface area contributed by atoms with Gasteiger partial charge in [-0.1, -0.05) is 109 Å². The second-order valence-electron chi connectivity index (χ2n) is 8.12. The molecule has 3 aromatic carbocycles. The molecule has 0 saturated carbocycles. The standard InChI is InChI=1S/C30H28O3P2/c1-5-13-27(14-6-1)34(28-15-7-2-8-16-28)31-23-25-21-22-26(33-25)24-32-35(29-17-9-3-10-18-29)30-19-11-4-12-20-30/h1-3,5-11,13-22H,4,12,23-24H2. The van der Waals surface area contributed by atoms with E-state index in [-0.39, 0.29) is 0 Å². The first kappa shape index (κ1) is 23.9. The maximum Gasteiger partial charge on any atom is 0.130 e. The first-order valence-corrected chi connectivity index (χ1v) is 14.3. The Morgan fingerprint density at radius 1 is 0.571 bits per heavy atom. The highest BCUT2D eigenvalue weighted by Gasteiger charge is 2.19. The van der Waals surface area contributed by atoms with Gasteiger partial charge in [-0.3, -0.25) is 0 Å². The Morgan fingerprint density at radius 2 is 1.06 bits per heavy atom. The molecule has 176 valence electrons. The molecule has 1 aliphatic carbocycles. The minimum absolute atomic E-state index is 0.414. The van der Waals surface area contributed by atoms with E-state index in [1.54, 1.807) is 0 Å². The van der Waals surface area contributed by atoms with Crippen molar-refractivity contribution < 1.29 is 13.5 Å². The monoisotopic (exact) mass is 498 g/mol. The Kier molecular flexibility index (Phi) is 8.37. The third-order valence-corrected chi connectivity index (χ3v) is 9.45. The van der Waals surface area contributed by atoms with Crippen LogP contribution in [0.2, 0.25) is 0 Å². The quantitative estimate of drug-likeness (QED) is 0.215. The fourth-order valence-electron chi connectivity index (χ4n) is 3.87. The zero-order chi connectivity index (χ0) is 23.7. The fourth-order valence-corrected chi connectivity index (χ4v) is 7.44. The van der Waals surface area contributed by atoms with Gasteiger partial charge in [-0.15, -0.1) is 0 Å². The van der Waals surface area contributed by atoms with E-state index in [9.17, 15) is 0 Å². The van der Waals surface area contributed by atoms with Crippen LogP contribution in [0.15, 0.2) is 131 Å². The number of rotatable bonds is 10. The lowest BCUT2D eigenvalue weighted by Crippen LogP contribution is -2.13. The molecule has 5 rings (SSSR count). The topological polar surface area (TPSA) is 31.6 Å². The summed E-state index contributed by atoms with van der Waals surface area (Å²) in [5, 5.41) is 4.85. The van der Waals surface area contributed by atoms with Gasteiger partial charge >= 0.3 is 0 Å². The summed E-state index contributed by atoms with van der Waals surface area (Å²) in [5.74, 6) is 1.62. The van der Waals surface area contributed by atoms with Crippen LogP contribution in [0.5, 0.6) is 0 Å². The smallest absolute Gasteiger partial charge is 0.130 e. The molecule has 0 spiro atoms. The van der Waals surface area contributed by atoms with Crippen LogP contribution in [0.3, 0.4) is 0 Å². The van der Waals surface area contributed by atoms with Crippen LogP contribution in [0.1, 0.15) is 24.4 Å². The highest BCUT2D eigenvalue weighted by molar-refractivity contribution is 7.68. The Morgan fingerprint density at radius 3 is 1.54 bits per heavy atom. The SMILES string of the molecule is C1=CC(P(OCc2ccc(COP(c3ccccc3)c3ccccc3)o2)c2ccccc2)=CCC1. The van der Waals surface area contributed by atoms with E-state index in [4.69, 9.17) is 13.5 Å². The highest BCUT2D eigenvalue weighted by atomic mass is 31.1. The van der Waals surface area contributed by atoms with Crippen molar-refractivity contribution in [2.75, 3.05) is 0 Å². The van der Waals surface area contributed by atoms with Gasteiger partial charge in [-0.2, -0.15) is 0 Å². The van der Waals surface area contributed by atoms with Crippen LogP contribution < -0.4 is 15.9 Å². The summed E-state index contributed by atoms with van der Waals surface area (Å²) < 4.78 is 19.0. The predicted octanol–water partition coefficient (Wildman–Crippen LogP) is 7.32. The summed E-state index contributed by atoms with van der Waals surface area (Å²) >= 11 is 0. The summed E-state index contributed by atoms with van der Waals surface area (Å²) in [7, 11) is -1.81. The molecule has 3 nitrogen and oxygen atoms in total. The van der Waals surface area contributed by atoms with Gasteiger partial charge in [0, 0.05) is 21.2 Å². The van der Waals surface area contributed by atoms with Crippen molar-refractivity contribution in [2.45, 2.75) is 26.1 Å². The molecule has 1 aliphatic rings. The Labute approximate surface area is 209 Å². The Bertz CT molecular complexity index is 1210. The molecular weight excluding hydrogens is 470 g/mol. The maximum atomic E-state index is 6.45. The third-order valence-electron chi connectivity index (χ3n) is 5.57. The van der Waals surface area contributed by atoms with E-state index in [1.165, 1.54) is 21.2 Å². The molecule has 0 fully saturated rings. The van der Waals surface area contributed by atoms with Gasteiger partial charge in [0.05, 0.1) is 16.3 Å². The van der Waals surface area contributed by atoms with Gasteiger partial charge in [0.25, 0.3) is 0 Å². The second-order valence-corrected chi connectivity index (χ2v) is 11.9. The zero-order valence-corrected chi connectivity index (χ0v) is 21.3. The molecule has 0 aliphatic heterocycles. The molecule has 0 radical (unpaired) electrons. The van der Waals surface area contributed by atoms with Gasteiger partial charge in [0.1, 0.15) is 24.7 Å². The molecule has 1 aromatic heterocycles. The van der Waals surface area contributed by atoms with Gasteiger partial charge in [0.2, 0.25) is 0 Å². The molecule has 35 heavy (non-hydrogen) atoms. The average molecular weight is 498 g/mol. The third kappa shape index (κ3) is 6.45. The summed E-state index contributed by atoms with van der Waals surface area (Å²) in [4.78, 5) is 0. The van der Waals surface area contributed by atoms with Gasteiger partial charge in [0.15, 0.2) is 0 Å². The highest BCUT2D eigenvalue weighted by Crippen LogP contribution is 2.47. The van der Waals surface area contributed by atoms with E-state index < -0.39 is 16.3 Å². The van der Waals surface area contributed by atoms with E-state index >= 15 is 0 Å². The van der Waals surface area contributed by atoms with E-state index in [2.05, 4.69) is 91.0 Å². The van der Waals surface area contributed by atoms with Crippen molar-refractivity contribution >= 4 is 32.2 Å². The van der Waals surface area contributed by atoms with Crippen molar-refractivity contribution in [1.29, 1.82) is 0 Å². The van der Waals surface area contributed by atoms with Crippen LogP contribution in [0.25, 0.3) is 0 Å². The number of furan rings is 1. The molecule has 1 heterocycles. The second kappa shape index (κ2) is 12.2. The molecule has 0 saturated heterocycles. The minimum Gasteiger partial charge on any atom is -0.461 e. The summed E-state index contributed by atoms with van der Waals surface area (Å²) in [6.07, 6.45) is 8.90. The van der Waals surface area contributed by atoms with Crippen LogP contribution in [-0.4, -0.2) is 0 Å². The van der Waals surface area contributed by atoms with Crippen molar-refractivity contribution in [1.82, 2.24) is 0 Å². The molecule has 1 atom stereocenters. The summed E-state index contributed by atoms with van der Waals surface area (Å²) in [6, 6.07) is 35.3. The lowest BCUT2D eigenvalue weighted by Gasteiger charge is -2.20. The first-order valence-electron chi connectivity index (χ1n) is 11.8. The van der Waals surface area contributed by atoms with E-state index in [1.807, 2.05) is 30.3 Å². The largest absolute Gasteiger partial charge is 0.461 e. The molecule has 0 bridgehead atoms. The van der Waals surface area contributed by atoms with Crippen molar-refractivity contribution in [2.24, 2.45) is 0 Å². The Hall–Kier alpha value is -2.80. The van der Waals surface area contributed by atoms with Gasteiger partial charge in [-0.05, 0) is 25.0 Å². The zero-order valence-electron chi connectivity index (χ0n) is 19.5. The number of hydrogen-bond donors (Lipinski definition) is 0. The lowest BCUT2D eigenvalue weighted by molar-refractivity contribution is 0.265. The van der Waals surface area contributed by atoms with Gasteiger partial charge in [-0.25, -0.2) is 0 Å². The lowest BCUT2D eigenvalue weighted by atomic mass is 10.2. The summed E-state index contributed by atoms with van der Waals surface area (Å²) in [5.41, 5.74) is 0. The molecular formula is C30H28O3P2. The normalized spacial score (nSPS) is 14.1. The van der Waals surface area contributed by atoms with Crippen molar-refractivity contribution in [3.8, 4) is 0 Å². The molecule has 1 unspecified atom stereocenters. The van der Waals surface area contributed by atoms with Crippen molar-refractivity contribution in [3.63, 3.8) is 0 Å². The fraction of sp³-hybridized carbons (Fsp3) is 0.133. The van der Waals surface area contributed by atoms with E-state index in [0.29, 0.717) is 13.2 Å². The maximum absolute atomic E-state index is 6.45. The van der Waals surface area contributed by atoms with Crippen LogP contribution in [0, 0.1) is 0 Å². The Balaban J connectivity index is 1.25. The van der Waals surface area contributed by atoms with Crippen LogP contribution in [-0.2, 0) is 22.3 Å². The predicted molar refractivity (Wildman–Crippen MR) is 147 cm³/mol. The number of hydrogen-bond acceptors (Lipinski definition) is 3. The van der Waals surface area contributed by atoms with Crippen molar-refractivity contribution in [3.05, 3.63) is 138 Å². The molecule has 5 heteroatoms. The van der Waals surface area contributed by atoms with Crippen LogP contribution in [0.4, 0.5) is 0 Å². The molecule has 4 aromatic rings. The molecule has 0 N–H and O–H groups in total. The first-order chi connectivity index (χ1) is 17.4. The molecule has 0 amide bonds. The van der Waals surface area contributed by atoms with Crippen LogP contribution >= 0.6 is 16.3 Å². The average Bonchev–Trinajstić information content (AvgIpc) is 3.39. The van der Waals surface area contributed by atoms with Gasteiger partial charge < -0.3 is 13.5 Å².